The molecular formula is C12H16BrN5O2. The topological polar surface area (TPSA) is 74.0 Å². The van der Waals surface area contributed by atoms with Gasteiger partial charge < -0.3 is 14.6 Å². The van der Waals surface area contributed by atoms with Gasteiger partial charge in [-0.15, -0.1) is 0 Å². The molecule has 0 fully saturated rings. The average molecular weight is 342 g/mol. The first-order chi connectivity index (χ1) is 9.63. The third-order valence-corrected chi connectivity index (χ3v) is 3.62. The number of hydrogen-bond acceptors (Lipinski definition) is 5. The predicted molar refractivity (Wildman–Crippen MR) is 78.6 cm³/mol. The van der Waals surface area contributed by atoms with Crippen molar-refractivity contribution in [1.29, 1.82) is 0 Å². The van der Waals surface area contributed by atoms with Crippen LogP contribution in [0, 0.1) is 0 Å². The molecule has 2 rings (SSSR count). The number of nitrogens with one attached hydrogen (secondary N) is 1. The van der Waals surface area contributed by atoms with E-state index < -0.39 is 0 Å². The first-order valence-electron chi connectivity index (χ1n) is 6.08. The smallest absolute Gasteiger partial charge is 0.283 e. The van der Waals surface area contributed by atoms with E-state index in [1.54, 1.807) is 19.5 Å². The molecule has 0 aromatic carbocycles. The summed E-state index contributed by atoms with van der Waals surface area (Å²) in [7, 11) is 3.50. The molecule has 7 nitrogen and oxygen atoms in total. The molecule has 0 spiro atoms. The third-order valence-electron chi connectivity index (χ3n) is 2.85. The van der Waals surface area contributed by atoms with Gasteiger partial charge in [-0.25, -0.2) is 9.67 Å². The molecule has 20 heavy (non-hydrogen) atoms. The lowest BCUT2D eigenvalue weighted by molar-refractivity contribution is 0.181. The van der Waals surface area contributed by atoms with E-state index in [0.717, 1.165) is 5.82 Å². The summed E-state index contributed by atoms with van der Waals surface area (Å²) in [6.45, 7) is 1.39. The maximum absolute atomic E-state index is 12.1. The molecule has 2 aromatic rings. The van der Waals surface area contributed by atoms with Crippen LogP contribution in [-0.2, 0) is 24.9 Å². The lowest BCUT2D eigenvalue weighted by Crippen LogP contribution is -2.26. The van der Waals surface area contributed by atoms with Crippen molar-refractivity contribution < 1.29 is 4.74 Å². The van der Waals surface area contributed by atoms with Gasteiger partial charge in [-0.1, -0.05) is 0 Å². The first-order valence-corrected chi connectivity index (χ1v) is 6.87. The quantitative estimate of drug-likeness (QED) is 0.848. The number of rotatable bonds is 6. The molecule has 0 saturated heterocycles. The zero-order chi connectivity index (χ0) is 14.5. The van der Waals surface area contributed by atoms with Crippen LogP contribution >= 0.6 is 15.9 Å². The first kappa shape index (κ1) is 14.7. The van der Waals surface area contributed by atoms with Gasteiger partial charge >= 0.3 is 0 Å². The number of methoxy groups -OCH3 is 1. The highest BCUT2D eigenvalue weighted by Gasteiger charge is 2.09. The number of nitrogens with zero attached hydrogens (tertiary/aromatic N) is 4. The highest BCUT2D eigenvalue weighted by molar-refractivity contribution is 9.10. The number of imidazole rings is 1. The van der Waals surface area contributed by atoms with Gasteiger partial charge in [-0.05, 0) is 15.9 Å². The zero-order valence-corrected chi connectivity index (χ0v) is 12.9. The van der Waals surface area contributed by atoms with E-state index in [-0.39, 0.29) is 5.56 Å². The number of aryl methyl sites for hydroxylation is 1. The summed E-state index contributed by atoms with van der Waals surface area (Å²) in [6.07, 6.45) is 5.21. The van der Waals surface area contributed by atoms with E-state index in [4.69, 9.17) is 4.74 Å². The molecule has 0 atom stereocenters. The molecule has 2 aromatic heterocycles. The van der Waals surface area contributed by atoms with E-state index in [2.05, 4.69) is 31.3 Å². The van der Waals surface area contributed by atoms with Gasteiger partial charge in [0.1, 0.15) is 10.3 Å². The second-order valence-electron chi connectivity index (χ2n) is 4.20. The SMILES string of the molecule is COCCn1ncc(NCc2nccn2C)c(Br)c1=O. The minimum Gasteiger partial charge on any atom is -0.383 e. The van der Waals surface area contributed by atoms with E-state index in [1.165, 1.54) is 4.68 Å². The van der Waals surface area contributed by atoms with Crippen LogP contribution in [0.15, 0.2) is 27.9 Å². The highest BCUT2D eigenvalue weighted by Crippen LogP contribution is 2.16. The fraction of sp³-hybridized carbons (Fsp3) is 0.417. The molecule has 0 bridgehead atoms. The summed E-state index contributed by atoms with van der Waals surface area (Å²) in [6, 6.07) is 0. The summed E-state index contributed by atoms with van der Waals surface area (Å²) >= 11 is 3.30. The molecule has 1 N–H and O–H groups in total. The minimum absolute atomic E-state index is 0.188. The number of anilines is 1. The zero-order valence-electron chi connectivity index (χ0n) is 11.3. The number of halogens is 1. The molecule has 0 aliphatic carbocycles. The Kier molecular flexibility index (Phi) is 4.91. The molecule has 0 saturated carbocycles. The Balaban J connectivity index is 2.11. The van der Waals surface area contributed by atoms with Gasteiger partial charge in [0.2, 0.25) is 0 Å². The monoisotopic (exact) mass is 341 g/mol. The van der Waals surface area contributed by atoms with Crippen LogP contribution < -0.4 is 10.9 Å². The summed E-state index contributed by atoms with van der Waals surface area (Å²) in [5, 5.41) is 7.25. The molecule has 0 radical (unpaired) electrons. The van der Waals surface area contributed by atoms with Crippen molar-refractivity contribution in [3.63, 3.8) is 0 Å². The number of hydrogen-bond donors (Lipinski definition) is 1. The van der Waals surface area contributed by atoms with Crippen LogP contribution in [0.4, 0.5) is 5.69 Å². The lowest BCUT2D eigenvalue weighted by atomic mass is 10.4. The van der Waals surface area contributed by atoms with Gasteiger partial charge in [0.05, 0.1) is 31.6 Å². The molecule has 0 amide bonds. The minimum atomic E-state index is -0.188. The second kappa shape index (κ2) is 6.67. The molecule has 0 unspecified atom stereocenters. The standard InChI is InChI=1S/C12H16BrN5O2/c1-17-4-3-14-10(17)8-15-9-7-16-18(5-6-20-2)12(19)11(9)13/h3-4,7,15H,5-6,8H2,1-2H3. The Labute approximate surface area is 124 Å². The third kappa shape index (κ3) is 3.26. The predicted octanol–water partition coefficient (Wildman–Crippen LogP) is 0.998. The molecular weight excluding hydrogens is 326 g/mol. The van der Waals surface area contributed by atoms with Crippen molar-refractivity contribution in [2.75, 3.05) is 19.0 Å². The van der Waals surface area contributed by atoms with Crippen LogP contribution in [0.1, 0.15) is 5.82 Å². The van der Waals surface area contributed by atoms with E-state index in [9.17, 15) is 4.79 Å². The van der Waals surface area contributed by atoms with E-state index >= 15 is 0 Å². The highest BCUT2D eigenvalue weighted by atomic mass is 79.9. The fourth-order valence-corrected chi connectivity index (χ4v) is 2.11. The average Bonchev–Trinajstić information content (AvgIpc) is 2.85. The van der Waals surface area contributed by atoms with E-state index in [1.807, 2.05) is 17.8 Å². The van der Waals surface area contributed by atoms with Gasteiger partial charge in [-0.3, -0.25) is 4.79 Å². The second-order valence-corrected chi connectivity index (χ2v) is 4.99. The van der Waals surface area contributed by atoms with Gasteiger partial charge in [0, 0.05) is 26.6 Å². The summed E-state index contributed by atoms with van der Waals surface area (Å²) < 4.78 is 8.67. The fourth-order valence-electron chi connectivity index (χ4n) is 1.67. The summed E-state index contributed by atoms with van der Waals surface area (Å²) in [4.78, 5) is 16.3. The molecule has 0 aliphatic rings. The van der Waals surface area contributed by atoms with Crippen molar-refractivity contribution in [3.05, 3.63) is 39.2 Å². The van der Waals surface area contributed by atoms with Gasteiger partial charge in [0.15, 0.2) is 0 Å². The number of aromatic nitrogens is 4. The van der Waals surface area contributed by atoms with Gasteiger partial charge in [-0.2, -0.15) is 5.10 Å². The van der Waals surface area contributed by atoms with Crippen LogP contribution in [0.5, 0.6) is 0 Å². The van der Waals surface area contributed by atoms with Crippen molar-refractivity contribution in [3.8, 4) is 0 Å². The van der Waals surface area contributed by atoms with E-state index in [0.29, 0.717) is 29.9 Å². The Morgan fingerprint density at radius 2 is 2.30 bits per heavy atom. The molecule has 2 heterocycles. The molecule has 0 aliphatic heterocycles. The van der Waals surface area contributed by atoms with Crippen LogP contribution in [-0.4, -0.2) is 33.0 Å². The number of ether oxygens (including phenoxy) is 1. The van der Waals surface area contributed by atoms with Crippen molar-refractivity contribution in [1.82, 2.24) is 19.3 Å². The van der Waals surface area contributed by atoms with Crippen LogP contribution in [0.3, 0.4) is 0 Å². The Hall–Kier alpha value is -1.67. The molecule has 8 heteroatoms. The summed E-state index contributed by atoms with van der Waals surface area (Å²) in [5.74, 6) is 0.875. The van der Waals surface area contributed by atoms with Crippen molar-refractivity contribution in [2.24, 2.45) is 7.05 Å². The maximum Gasteiger partial charge on any atom is 0.283 e. The Bertz CT molecular complexity index is 637. The van der Waals surface area contributed by atoms with Gasteiger partial charge in [0.25, 0.3) is 5.56 Å². The Morgan fingerprint density at radius 3 is 2.95 bits per heavy atom. The van der Waals surface area contributed by atoms with Crippen LogP contribution in [0.25, 0.3) is 0 Å². The normalized spacial score (nSPS) is 10.8. The lowest BCUT2D eigenvalue weighted by Gasteiger charge is -2.10. The Morgan fingerprint density at radius 1 is 1.50 bits per heavy atom. The summed E-state index contributed by atoms with van der Waals surface area (Å²) in [5.41, 5.74) is 0.457. The largest absolute Gasteiger partial charge is 0.383 e. The maximum atomic E-state index is 12.1. The molecule has 108 valence electrons. The van der Waals surface area contributed by atoms with Crippen LogP contribution in [0.2, 0.25) is 0 Å². The van der Waals surface area contributed by atoms with Crippen molar-refractivity contribution in [2.45, 2.75) is 13.1 Å². The van der Waals surface area contributed by atoms with Crippen molar-refractivity contribution >= 4 is 21.6 Å².